The Kier molecular flexibility index (Phi) is 4.81. The first-order valence-corrected chi connectivity index (χ1v) is 6.32. The van der Waals surface area contributed by atoms with Gasteiger partial charge in [0.2, 0.25) is 0 Å². The lowest BCUT2D eigenvalue weighted by Gasteiger charge is -2.01. The molecule has 0 saturated heterocycles. The Bertz CT molecular complexity index is 711. The summed E-state index contributed by atoms with van der Waals surface area (Å²) in [5.41, 5.74) is 4.05. The third-order valence-electron chi connectivity index (χ3n) is 2.83. The topological polar surface area (TPSA) is 93.8 Å². The van der Waals surface area contributed by atoms with Crippen molar-refractivity contribution in [3.63, 3.8) is 0 Å². The highest BCUT2D eigenvalue weighted by atomic mass is 16.6. The van der Waals surface area contributed by atoms with Gasteiger partial charge in [0.15, 0.2) is 0 Å². The average molecular weight is 299 g/mol. The lowest BCUT2D eigenvalue weighted by molar-refractivity contribution is -0.384. The lowest BCUT2D eigenvalue weighted by Crippen LogP contribution is -2.01. The summed E-state index contributed by atoms with van der Waals surface area (Å²) < 4.78 is 4.60. The fraction of sp³-hybridized carbons (Fsp3) is 0.0667. The van der Waals surface area contributed by atoms with Gasteiger partial charge in [-0.25, -0.2) is 4.79 Å². The predicted molar refractivity (Wildman–Crippen MR) is 82.1 cm³/mol. The van der Waals surface area contributed by atoms with Gasteiger partial charge in [-0.1, -0.05) is 24.3 Å². The number of hydrogen-bond acceptors (Lipinski definition) is 6. The van der Waals surface area contributed by atoms with Crippen LogP contribution in [0.3, 0.4) is 0 Å². The molecule has 1 N–H and O–H groups in total. The zero-order valence-corrected chi connectivity index (χ0v) is 11.7. The first-order chi connectivity index (χ1) is 10.6. The summed E-state index contributed by atoms with van der Waals surface area (Å²) in [4.78, 5) is 21.7. The second-order valence-electron chi connectivity index (χ2n) is 4.26. The van der Waals surface area contributed by atoms with Crippen LogP contribution in [0.4, 0.5) is 11.4 Å². The summed E-state index contributed by atoms with van der Waals surface area (Å²) in [5, 5.41) is 14.8. The summed E-state index contributed by atoms with van der Waals surface area (Å²) in [5.74, 6) is -0.415. The third kappa shape index (κ3) is 3.66. The molecule has 7 heteroatoms. The van der Waals surface area contributed by atoms with Crippen LogP contribution >= 0.6 is 0 Å². The second kappa shape index (κ2) is 6.98. The van der Waals surface area contributed by atoms with Crippen LogP contribution in [-0.2, 0) is 4.74 Å². The van der Waals surface area contributed by atoms with Gasteiger partial charge < -0.3 is 4.74 Å². The second-order valence-corrected chi connectivity index (χ2v) is 4.26. The Hall–Kier alpha value is -3.22. The molecule has 2 aromatic carbocycles. The first-order valence-electron chi connectivity index (χ1n) is 6.32. The van der Waals surface area contributed by atoms with Gasteiger partial charge >= 0.3 is 5.97 Å². The molecule has 0 fully saturated rings. The highest BCUT2D eigenvalue weighted by Gasteiger charge is 2.10. The fourth-order valence-electron chi connectivity index (χ4n) is 1.73. The molecule has 0 spiro atoms. The number of rotatable bonds is 5. The highest BCUT2D eigenvalue weighted by Crippen LogP contribution is 2.22. The standard InChI is InChI=1S/C15H13N3O4/c1-22-15(19)12-8-6-11(7-9-12)10-16-17-13-4-2-3-5-14(13)18(20)21/h2-10,17H,1H3. The van der Waals surface area contributed by atoms with Gasteiger partial charge in [-0.3, -0.25) is 15.5 Å². The Labute approximate surface area is 126 Å². The van der Waals surface area contributed by atoms with Crippen LogP contribution in [0.1, 0.15) is 15.9 Å². The number of benzene rings is 2. The molecule has 22 heavy (non-hydrogen) atoms. The molecule has 0 radical (unpaired) electrons. The fourth-order valence-corrected chi connectivity index (χ4v) is 1.73. The summed E-state index contributed by atoms with van der Waals surface area (Å²) in [7, 11) is 1.31. The van der Waals surface area contributed by atoms with Crippen LogP contribution in [0.15, 0.2) is 53.6 Å². The summed E-state index contributed by atoms with van der Waals surface area (Å²) in [6.07, 6.45) is 1.50. The molecule has 0 amide bonds. The molecule has 0 aromatic heterocycles. The monoisotopic (exact) mass is 299 g/mol. The van der Waals surface area contributed by atoms with Crippen LogP contribution in [0.2, 0.25) is 0 Å². The number of hydrazone groups is 1. The van der Waals surface area contributed by atoms with Gasteiger partial charge in [-0.2, -0.15) is 5.10 Å². The van der Waals surface area contributed by atoms with Crippen molar-refractivity contribution in [2.45, 2.75) is 0 Å². The maximum Gasteiger partial charge on any atom is 0.337 e. The number of ether oxygens (including phenoxy) is 1. The number of carbonyl (C=O) groups is 1. The van der Waals surface area contributed by atoms with E-state index in [9.17, 15) is 14.9 Å². The van der Waals surface area contributed by atoms with Crippen molar-refractivity contribution in [3.8, 4) is 0 Å². The molecule has 2 aromatic rings. The number of esters is 1. The van der Waals surface area contributed by atoms with E-state index in [1.165, 1.54) is 19.4 Å². The molecule has 0 unspecified atom stereocenters. The lowest BCUT2D eigenvalue weighted by atomic mass is 10.1. The normalized spacial score (nSPS) is 10.4. The number of methoxy groups -OCH3 is 1. The van der Waals surface area contributed by atoms with E-state index in [2.05, 4.69) is 15.3 Å². The van der Waals surface area contributed by atoms with Crippen molar-refractivity contribution in [3.05, 3.63) is 69.8 Å². The Morgan fingerprint density at radius 2 is 1.91 bits per heavy atom. The van der Waals surface area contributed by atoms with Gasteiger partial charge in [0, 0.05) is 6.07 Å². The number of nitrogens with one attached hydrogen (secondary N) is 1. The van der Waals surface area contributed by atoms with Crippen molar-refractivity contribution in [1.82, 2.24) is 0 Å². The van der Waals surface area contributed by atoms with E-state index in [4.69, 9.17) is 0 Å². The number of nitro benzene ring substituents is 1. The minimum Gasteiger partial charge on any atom is -0.465 e. The molecule has 2 rings (SSSR count). The largest absolute Gasteiger partial charge is 0.465 e. The number of nitro groups is 1. The van der Waals surface area contributed by atoms with Crippen LogP contribution in [0, 0.1) is 10.1 Å². The predicted octanol–water partition coefficient (Wildman–Crippen LogP) is 2.83. The average Bonchev–Trinajstić information content (AvgIpc) is 2.55. The third-order valence-corrected chi connectivity index (χ3v) is 2.83. The van der Waals surface area contributed by atoms with Crippen molar-refractivity contribution < 1.29 is 14.5 Å². The molecular weight excluding hydrogens is 286 g/mol. The highest BCUT2D eigenvalue weighted by molar-refractivity contribution is 5.90. The van der Waals surface area contributed by atoms with Gasteiger partial charge in [0.1, 0.15) is 5.69 Å². The Balaban J connectivity index is 2.07. The van der Waals surface area contributed by atoms with Crippen molar-refractivity contribution in [2.24, 2.45) is 5.10 Å². The van der Waals surface area contributed by atoms with E-state index in [-0.39, 0.29) is 5.69 Å². The van der Waals surface area contributed by atoms with Crippen molar-refractivity contribution in [1.29, 1.82) is 0 Å². The van der Waals surface area contributed by atoms with Gasteiger partial charge in [0.25, 0.3) is 5.69 Å². The minimum absolute atomic E-state index is 0.0549. The first kappa shape index (κ1) is 15.2. The number of para-hydroxylation sites is 2. The quantitative estimate of drug-likeness (QED) is 0.396. The number of carbonyl (C=O) groups excluding carboxylic acids is 1. The van der Waals surface area contributed by atoms with E-state index in [0.29, 0.717) is 11.3 Å². The maximum absolute atomic E-state index is 11.3. The summed E-state index contributed by atoms with van der Waals surface area (Å²) in [6.45, 7) is 0. The molecular formula is C15H13N3O4. The summed E-state index contributed by atoms with van der Waals surface area (Å²) >= 11 is 0. The van der Waals surface area contributed by atoms with Gasteiger partial charge in [-0.05, 0) is 23.8 Å². The number of anilines is 1. The van der Waals surface area contributed by atoms with Crippen LogP contribution in [-0.4, -0.2) is 24.2 Å². The number of hydrogen-bond donors (Lipinski definition) is 1. The number of nitrogens with zero attached hydrogens (tertiary/aromatic N) is 2. The minimum atomic E-state index is -0.483. The Morgan fingerprint density at radius 3 is 2.55 bits per heavy atom. The van der Waals surface area contributed by atoms with Crippen molar-refractivity contribution in [2.75, 3.05) is 12.5 Å². The van der Waals surface area contributed by atoms with E-state index in [1.54, 1.807) is 42.5 Å². The van der Waals surface area contributed by atoms with Gasteiger partial charge in [0.05, 0.1) is 23.8 Å². The zero-order chi connectivity index (χ0) is 15.9. The van der Waals surface area contributed by atoms with E-state index < -0.39 is 10.9 Å². The molecule has 0 aliphatic heterocycles. The van der Waals surface area contributed by atoms with Crippen LogP contribution < -0.4 is 5.43 Å². The molecule has 0 atom stereocenters. The molecule has 0 saturated carbocycles. The molecule has 0 heterocycles. The van der Waals surface area contributed by atoms with E-state index in [1.807, 2.05) is 0 Å². The zero-order valence-electron chi connectivity index (χ0n) is 11.7. The molecule has 7 nitrogen and oxygen atoms in total. The maximum atomic E-state index is 11.3. The van der Waals surface area contributed by atoms with Crippen LogP contribution in [0.5, 0.6) is 0 Å². The molecule has 0 aliphatic rings. The molecule has 112 valence electrons. The van der Waals surface area contributed by atoms with E-state index in [0.717, 1.165) is 5.56 Å². The Morgan fingerprint density at radius 1 is 1.23 bits per heavy atom. The van der Waals surface area contributed by atoms with Crippen LogP contribution in [0.25, 0.3) is 0 Å². The van der Waals surface area contributed by atoms with E-state index >= 15 is 0 Å². The smallest absolute Gasteiger partial charge is 0.337 e. The SMILES string of the molecule is COC(=O)c1ccc(C=NNc2ccccc2[N+](=O)[O-])cc1. The van der Waals surface area contributed by atoms with Crippen molar-refractivity contribution >= 4 is 23.6 Å². The summed E-state index contributed by atoms with van der Waals surface area (Å²) in [6, 6.07) is 12.8. The molecule has 0 aliphatic carbocycles. The molecule has 0 bridgehead atoms. The van der Waals surface area contributed by atoms with Gasteiger partial charge in [-0.15, -0.1) is 0 Å².